The van der Waals surface area contributed by atoms with Crippen molar-refractivity contribution >= 4 is 46.2 Å². The summed E-state index contributed by atoms with van der Waals surface area (Å²) in [6.45, 7) is 1.21. The van der Waals surface area contributed by atoms with Crippen LogP contribution in [0.2, 0.25) is 5.02 Å². The monoisotopic (exact) mass is 614 g/mol. The van der Waals surface area contributed by atoms with Crippen LogP contribution in [0.25, 0.3) is 0 Å². The van der Waals surface area contributed by atoms with Gasteiger partial charge in [-0.15, -0.1) is 11.3 Å². The van der Waals surface area contributed by atoms with Crippen LogP contribution >= 0.6 is 22.9 Å². The average Bonchev–Trinajstić information content (AvgIpc) is 3.42. The second kappa shape index (κ2) is 12.1. The largest absolute Gasteiger partial charge is 0.408 e. The molecule has 1 fully saturated rings. The van der Waals surface area contributed by atoms with E-state index in [1.54, 1.807) is 29.6 Å². The lowest BCUT2D eigenvalue weighted by Crippen LogP contribution is -2.62. The third kappa shape index (κ3) is 7.49. The molecule has 2 aliphatic rings. The summed E-state index contributed by atoms with van der Waals surface area (Å²) in [4.78, 5) is 44.8. The van der Waals surface area contributed by atoms with E-state index < -0.39 is 53.4 Å². The maximum absolute atomic E-state index is 13.7. The fraction of sp³-hybridized carbons (Fsp3) is 0.500. The van der Waals surface area contributed by atoms with Gasteiger partial charge in [0.2, 0.25) is 5.91 Å². The molecule has 2 unspecified atom stereocenters. The van der Waals surface area contributed by atoms with Gasteiger partial charge in [-0.1, -0.05) is 17.7 Å². The predicted molar refractivity (Wildman–Crippen MR) is 146 cm³/mol. The van der Waals surface area contributed by atoms with E-state index in [0.717, 1.165) is 4.88 Å². The second-order valence-electron chi connectivity index (χ2n) is 10.6. The number of ether oxygens (including phenoxy) is 1. The molecule has 4 rings (SSSR count). The molecule has 0 spiro atoms. The van der Waals surface area contributed by atoms with Gasteiger partial charge in [0.25, 0.3) is 5.91 Å². The standard InChI is InChI=1S/C26H30ClF3N6O4S/c1-24(2,31)22(38)34-19(11-40-10-17-7-15(27)12-41-17)21(37)18-8-20-25(13-33-18,9-16-5-3-4-6-32-16)23(39)36(35-20)14-26(28,29)30/h3-7,12,18-19,33H,8-11,13-14,31H2,1-2H3,(H,34,38)/t18?,19-,25?/m1/s1. The van der Waals surface area contributed by atoms with Crippen molar-refractivity contribution < 1.29 is 32.3 Å². The number of hydrogen-bond acceptors (Lipinski definition) is 9. The van der Waals surface area contributed by atoms with Gasteiger partial charge in [0, 0.05) is 41.5 Å². The van der Waals surface area contributed by atoms with Crippen molar-refractivity contribution in [1.82, 2.24) is 20.6 Å². The number of alkyl halides is 3. The minimum atomic E-state index is -4.67. The van der Waals surface area contributed by atoms with Crippen molar-refractivity contribution in [3.8, 4) is 0 Å². The summed E-state index contributed by atoms with van der Waals surface area (Å²) in [6.07, 6.45) is -3.29. The highest BCUT2D eigenvalue weighted by Crippen LogP contribution is 2.38. The number of piperidine rings is 1. The molecule has 4 N–H and O–H groups in total. The minimum Gasteiger partial charge on any atom is -0.373 e. The summed E-state index contributed by atoms with van der Waals surface area (Å²) in [6, 6.07) is 4.68. The van der Waals surface area contributed by atoms with Crippen molar-refractivity contribution in [3.05, 3.63) is 51.4 Å². The van der Waals surface area contributed by atoms with E-state index in [4.69, 9.17) is 22.1 Å². The van der Waals surface area contributed by atoms with E-state index in [1.165, 1.54) is 31.4 Å². The number of carbonyl (C=O) groups excluding carboxylic acids is 3. The molecule has 1 saturated heterocycles. The topological polar surface area (TPSA) is 139 Å². The highest BCUT2D eigenvalue weighted by atomic mass is 35.5. The quantitative estimate of drug-likeness (QED) is 0.353. The summed E-state index contributed by atoms with van der Waals surface area (Å²) >= 11 is 7.32. The molecule has 3 atom stereocenters. The Morgan fingerprint density at radius 1 is 1.37 bits per heavy atom. The van der Waals surface area contributed by atoms with E-state index >= 15 is 0 Å². The van der Waals surface area contributed by atoms with Gasteiger partial charge >= 0.3 is 6.18 Å². The Balaban J connectivity index is 1.55. The summed E-state index contributed by atoms with van der Waals surface area (Å²) in [5.74, 6) is -1.90. The third-order valence-electron chi connectivity index (χ3n) is 6.75. The Morgan fingerprint density at radius 2 is 2.12 bits per heavy atom. The number of Topliss-reactive ketones (excluding diaryl/α,β-unsaturated/α-hetero) is 1. The summed E-state index contributed by atoms with van der Waals surface area (Å²) in [5.41, 5.74) is 3.82. The van der Waals surface area contributed by atoms with Crippen molar-refractivity contribution in [2.45, 2.75) is 57.1 Å². The van der Waals surface area contributed by atoms with E-state index in [-0.39, 0.29) is 38.3 Å². The first-order chi connectivity index (χ1) is 19.2. The van der Waals surface area contributed by atoms with Crippen LogP contribution in [0.3, 0.4) is 0 Å². The number of halogens is 4. The Morgan fingerprint density at radius 3 is 2.73 bits per heavy atom. The van der Waals surface area contributed by atoms with Gasteiger partial charge in [0.1, 0.15) is 18.0 Å². The molecule has 2 aliphatic heterocycles. The minimum absolute atomic E-state index is 0.00177. The Kier molecular flexibility index (Phi) is 9.19. The lowest BCUT2D eigenvalue weighted by atomic mass is 9.72. The van der Waals surface area contributed by atoms with E-state index in [1.807, 2.05) is 0 Å². The summed E-state index contributed by atoms with van der Waals surface area (Å²) in [5, 5.41) is 12.4. The van der Waals surface area contributed by atoms with E-state index in [9.17, 15) is 27.6 Å². The normalized spacial score (nSPS) is 21.8. The van der Waals surface area contributed by atoms with E-state index in [2.05, 4.69) is 20.7 Å². The first-order valence-electron chi connectivity index (χ1n) is 12.7. The molecule has 0 aromatic carbocycles. The molecule has 2 aromatic heterocycles. The lowest BCUT2D eigenvalue weighted by molar-refractivity contribution is -0.163. The maximum atomic E-state index is 13.7. The number of amides is 2. The fourth-order valence-electron chi connectivity index (χ4n) is 4.65. The Bertz CT molecular complexity index is 1320. The molecule has 0 aliphatic carbocycles. The first kappa shape index (κ1) is 31.0. The molecule has 4 heterocycles. The SMILES string of the molecule is CC(C)(N)C(=O)N[C@H](COCc1cc(Cl)cs1)C(=O)C1CC2=NN(CC(F)(F)F)C(=O)C2(Cc2ccccn2)CN1. The number of hydrogen-bond donors (Lipinski definition) is 3. The number of pyridine rings is 1. The molecule has 0 bridgehead atoms. The van der Waals surface area contributed by atoms with Crippen LogP contribution in [0.1, 0.15) is 30.8 Å². The summed E-state index contributed by atoms with van der Waals surface area (Å²) in [7, 11) is 0. The maximum Gasteiger partial charge on any atom is 0.408 e. The number of nitrogens with zero attached hydrogens (tertiary/aromatic N) is 3. The van der Waals surface area contributed by atoms with Gasteiger partial charge in [-0.3, -0.25) is 19.4 Å². The smallest absolute Gasteiger partial charge is 0.373 e. The number of fused-ring (bicyclic) bond motifs is 1. The van der Waals surface area contributed by atoms with Crippen LogP contribution < -0.4 is 16.4 Å². The predicted octanol–water partition coefficient (Wildman–Crippen LogP) is 2.46. The molecular formula is C26H30ClF3N6O4S. The number of ketones is 1. The van der Waals surface area contributed by atoms with Crippen LogP contribution in [0.5, 0.6) is 0 Å². The van der Waals surface area contributed by atoms with Gasteiger partial charge in [0.05, 0.1) is 35.5 Å². The number of thiophene rings is 1. The molecule has 41 heavy (non-hydrogen) atoms. The van der Waals surface area contributed by atoms with Gasteiger partial charge in [-0.05, 0) is 32.0 Å². The highest BCUT2D eigenvalue weighted by Gasteiger charge is 2.56. The third-order valence-corrected chi connectivity index (χ3v) is 8.01. The number of hydrazone groups is 1. The number of carbonyl (C=O) groups is 3. The average molecular weight is 615 g/mol. The van der Waals surface area contributed by atoms with Gasteiger partial charge in [-0.25, -0.2) is 5.01 Å². The Labute approximate surface area is 243 Å². The van der Waals surface area contributed by atoms with Crippen LogP contribution in [0.15, 0.2) is 40.9 Å². The number of rotatable bonds is 11. The van der Waals surface area contributed by atoms with Crippen molar-refractivity contribution in [3.63, 3.8) is 0 Å². The van der Waals surface area contributed by atoms with E-state index in [0.29, 0.717) is 15.7 Å². The zero-order valence-corrected chi connectivity index (χ0v) is 23.9. The van der Waals surface area contributed by atoms with Gasteiger partial charge in [-0.2, -0.15) is 18.3 Å². The second-order valence-corrected chi connectivity index (χ2v) is 12.1. The van der Waals surface area contributed by atoms with Crippen LogP contribution in [-0.4, -0.2) is 76.8 Å². The molecule has 0 saturated carbocycles. The number of aromatic nitrogens is 1. The molecular weight excluding hydrogens is 585 g/mol. The van der Waals surface area contributed by atoms with Crippen molar-refractivity contribution in [2.75, 3.05) is 19.7 Å². The molecule has 10 nitrogen and oxygen atoms in total. The number of nitrogens with two attached hydrogens (primary N) is 1. The first-order valence-corrected chi connectivity index (χ1v) is 14.0. The van der Waals surface area contributed by atoms with Crippen LogP contribution in [-0.2, 0) is 32.1 Å². The van der Waals surface area contributed by atoms with Crippen molar-refractivity contribution in [2.24, 2.45) is 16.3 Å². The Hall–Kier alpha value is -2.91. The zero-order chi connectivity index (χ0) is 30.0. The number of nitrogens with one attached hydrogen (secondary N) is 2. The highest BCUT2D eigenvalue weighted by molar-refractivity contribution is 7.10. The van der Waals surface area contributed by atoms with Crippen molar-refractivity contribution in [1.29, 1.82) is 0 Å². The van der Waals surface area contributed by atoms with Gasteiger partial charge < -0.3 is 21.1 Å². The molecule has 2 aromatic rings. The van der Waals surface area contributed by atoms with Crippen LogP contribution in [0, 0.1) is 5.41 Å². The summed E-state index contributed by atoms with van der Waals surface area (Å²) < 4.78 is 45.5. The lowest BCUT2D eigenvalue weighted by Gasteiger charge is -2.37. The fourth-order valence-corrected chi connectivity index (χ4v) is 5.66. The molecule has 2 amide bonds. The zero-order valence-electron chi connectivity index (χ0n) is 22.3. The molecule has 222 valence electrons. The molecule has 15 heteroatoms. The van der Waals surface area contributed by atoms with Crippen LogP contribution in [0.4, 0.5) is 13.2 Å². The molecule has 0 radical (unpaired) electrons. The van der Waals surface area contributed by atoms with Gasteiger partial charge in [0.15, 0.2) is 5.78 Å².